The molecule has 0 bridgehead atoms. The minimum Gasteiger partial charge on any atom is -0.394 e. The number of rotatable bonds is 5. The zero-order valence-corrected chi connectivity index (χ0v) is 19.4. The molecule has 6 nitrogen and oxygen atoms in total. The molecule has 0 radical (unpaired) electrons. The van der Waals surface area contributed by atoms with Crippen LogP contribution in [0.25, 0.3) is 0 Å². The van der Waals surface area contributed by atoms with E-state index < -0.39 is 0 Å². The molecule has 6 heteroatoms. The summed E-state index contributed by atoms with van der Waals surface area (Å²) in [5.74, 6) is 7.18. The van der Waals surface area contributed by atoms with Crippen molar-refractivity contribution in [3.8, 4) is 11.8 Å². The van der Waals surface area contributed by atoms with E-state index in [0.717, 1.165) is 23.5 Å². The molecule has 176 valence electrons. The van der Waals surface area contributed by atoms with Gasteiger partial charge in [0.05, 0.1) is 31.7 Å². The summed E-state index contributed by atoms with van der Waals surface area (Å²) in [5, 5.41) is 10.0. The Hall–Kier alpha value is -3.17. The normalized spacial score (nSPS) is 24.3. The van der Waals surface area contributed by atoms with Crippen molar-refractivity contribution in [1.29, 1.82) is 0 Å². The lowest BCUT2D eigenvalue weighted by molar-refractivity contribution is -0.166. The standard InChI is InChI=1S/C28H31N3O3/c32-19-25-28(22-13-11-21(12-14-22)9-5-8-20-6-1-2-7-20)24-17-30(18-27(34)31(24)25)26(33)16-23-10-3-4-15-29-23/h3-4,10-15,20,24-25,28,32H,1-2,6-8,16-19H2/t24-,25+,28-/m0/s1. The van der Waals surface area contributed by atoms with E-state index in [1.807, 2.05) is 30.3 Å². The van der Waals surface area contributed by atoms with Gasteiger partial charge in [-0.3, -0.25) is 14.6 Å². The average molecular weight is 458 g/mol. The molecule has 0 spiro atoms. The maximum atomic E-state index is 12.9. The van der Waals surface area contributed by atoms with E-state index in [9.17, 15) is 14.7 Å². The molecule has 1 aliphatic carbocycles. The van der Waals surface area contributed by atoms with Crippen molar-refractivity contribution in [2.75, 3.05) is 19.7 Å². The van der Waals surface area contributed by atoms with E-state index in [-0.39, 0.29) is 49.4 Å². The quantitative estimate of drug-likeness (QED) is 0.701. The Morgan fingerprint density at radius 1 is 1.12 bits per heavy atom. The maximum absolute atomic E-state index is 12.9. The highest BCUT2D eigenvalue weighted by molar-refractivity contribution is 5.88. The summed E-state index contributed by atoms with van der Waals surface area (Å²) in [7, 11) is 0. The Bertz CT molecular complexity index is 1080. The second kappa shape index (κ2) is 9.99. The fourth-order valence-electron chi connectivity index (χ4n) is 5.76. The molecule has 3 heterocycles. The molecule has 1 aromatic heterocycles. The van der Waals surface area contributed by atoms with Gasteiger partial charge in [-0.25, -0.2) is 0 Å². The fraction of sp³-hybridized carbons (Fsp3) is 0.464. The largest absolute Gasteiger partial charge is 0.394 e. The molecule has 2 saturated heterocycles. The minimum absolute atomic E-state index is 0.0000942. The molecule has 0 unspecified atom stereocenters. The highest BCUT2D eigenvalue weighted by Gasteiger charge is 2.54. The van der Waals surface area contributed by atoms with Crippen molar-refractivity contribution in [3.05, 3.63) is 65.5 Å². The first kappa shape index (κ1) is 22.6. The van der Waals surface area contributed by atoms with Crippen molar-refractivity contribution >= 4 is 11.8 Å². The van der Waals surface area contributed by atoms with Crippen LogP contribution in [0.5, 0.6) is 0 Å². The number of pyridine rings is 1. The topological polar surface area (TPSA) is 73.7 Å². The Balaban J connectivity index is 1.26. The van der Waals surface area contributed by atoms with Gasteiger partial charge >= 0.3 is 0 Å². The number of aromatic nitrogens is 1. The third-order valence-corrected chi connectivity index (χ3v) is 7.56. The third-order valence-electron chi connectivity index (χ3n) is 7.56. The monoisotopic (exact) mass is 457 g/mol. The van der Waals surface area contributed by atoms with E-state index in [0.29, 0.717) is 12.2 Å². The van der Waals surface area contributed by atoms with E-state index in [1.54, 1.807) is 16.0 Å². The zero-order valence-electron chi connectivity index (χ0n) is 19.4. The predicted molar refractivity (Wildman–Crippen MR) is 129 cm³/mol. The summed E-state index contributed by atoms with van der Waals surface area (Å²) in [4.78, 5) is 33.4. The number of aliphatic hydroxyl groups excluding tert-OH is 1. The Kier molecular flexibility index (Phi) is 6.64. The van der Waals surface area contributed by atoms with Crippen molar-refractivity contribution in [3.63, 3.8) is 0 Å². The second-order valence-electron chi connectivity index (χ2n) is 9.69. The number of carbonyl (C=O) groups excluding carboxylic acids is 2. The van der Waals surface area contributed by atoms with Crippen molar-refractivity contribution < 1.29 is 14.7 Å². The summed E-state index contributed by atoms with van der Waals surface area (Å²) >= 11 is 0. The molecule has 3 aliphatic rings. The number of aliphatic hydroxyl groups is 1. The number of amides is 2. The van der Waals surface area contributed by atoms with E-state index in [4.69, 9.17) is 0 Å². The van der Waals surface area contributed by atoms with Gasteiger partial charge in [0.25, 0.3) is 0 Å². The van der Waals surface area contributed by atoms with Crippen LogP contribution in [0.2, 0.25) is 0 Å². The lowest BCUT2D eigenvalue weighted by Crippen LogP contribution is -2.73. The molecule has 5 rings (SSSR count). The van der Waals surface area contributed by atoms with Crippen molar-refractivity contribution in [2.45, 2.75) is 56.5 Å². The molecule has 3 fully saturated rings. The van der Waals surface area contributed by atoms with Gasteiger partial charge in [-0.15, -0.1) is 0 Å². The van der Waals surface area contributed by atoms with Crippen LogP contribution in [0.1, 0.15) is 54.8 Å². The average Bonchev–Trinajstić information content (AvgIpc) is 3.35. The Morgan fingerprint density at radius 3 is 2.62 bits per heavy atom. The van der Waals surface area contributed by atoms with E-state index in [1.165, 1.54) is 25.7 Å². The van der Waals surface area contributed by atoms with Crippen LogP contribution >= 0.6 is 0 Å². The predicted octanol–water partition coefficient (Wildman–Crippen LogP) is 2.75. The molecule has 1 aromatic carbocycles. The lowest BCUT2D eigenvalue weighted by Gasteiger charge is -2.58. The fourth-order valence-corrected chi connectivity index (χ4v) is 5.76. The number of hydrogen-bond donors (Lipinski definition) is 1. The molecular weight excluding hydrogens is 426 g/mol. The Labute approximate surface area is 201 Å². The Morgan fingerprint density at radius 2 is 1.91 bits per heavy atom. The van der Waals surface area contributed by atoms with Gasteiger partial charge in [0.1, 0.15) is 0 Å². The van der Waals surface area contributed by atoms with Gasteiger partial charge in [0.15, 0.2) is 0 Å². The molecule has 2 aliphatic heterocycles. The van der Waals surface area contributed by atoms with Crippen molar-refractivity contribution in [1.82, 2.24) is 14.8 Å². The smallest absolute Gasteiger partial charge is 0.242 e. The van der Waals surface area contributed by atoms with Gasteiger partial charge in [-0.1, -0.05) is 42.9 Å². The number of fused-ring (bicyclic) bond motifs is 1. The number of nitrogens with zero attached hydrogens (tertiary/aromatic N) is 3. The van der Waals surface area contributed by atoms with Crippen LogP contribution in [-0.4, -0.2) is 63.5 Å². The summed E-state index contributed by atoms with van der Waals surface area (Å²) in [6, 6.07) is 13.3. The van der Waals surface area contributed by atoms with Crippen LogP contribution in [-0.2, 0) is 16.0 Å². The van der Waals surface area contributed by atoms with Crippen molar-refractivity contribution in [2.24, 2.45) is 5.92 Å². The number of benzene rings is 1. The van der Waals surface area contributed by atoms with Crippen LogP contribution < -0.4 is 0 Å². The molecule has 34 heavy (non-hydrogen) atoms. The highest BCUT2D eigenvalue weighted by Crippen LogP contribution is 2.43. The van der Waals surface area contributed by atoms with Crippen LogP contribution in [0.4, 0.5) is 0 Å². The number of carbonyl (C=O) groups is 2. The first-order chi connectivity index (χ1) is 16.6. The first-order valence-electron chi connectivity index (χ1n) is 12.3. The summed E-state index contributed by atoms with van der Waals surface area (Å²) in [5.41, 5.74) is 2.77. The van der Waals surface area contributed by atoms with Gasteiger partial charge in [-0.2, -0.15) is 0 Å². The molecule has 1 saturated carbocycles. The van der Waals surface area contributed by atoms with Gasteiger partial charge in [0, 0.05) is 36.3 Å². The van der Waals surface area contributed by atoms with E-state index >= 15 is 0 Å². The highest BCUT2D eigenvalue weighted by atomic mass is 16.3. The molecule has 3 atom stereocenters. The van der Waals surface area contributed by atoms with Gasteiger partial charge < -0.3 is 14.9 Å². The minimum atomic E-state index is -0.246. The third kappa shape index (κ3) is 4.58. The van der Waals surface area contributed by atoms with Crippen LogP contribution in [0, 0.1) is 17.8 Å². The summed E-state index contributed by atoms with van der Waals surface area (Å²) < 4.78 is 0. The molecular formula is C28H31N3O3. The summed E-state index contributed by atoms with van der Waals surface area (Å²) in [6.45, 7) is 0.445. The van der Waals surface area contributed by atoms with Gasteiger partial charge in [-0.05, 0) is 48.6 Å². The molecule has 1 N–H and O–H groups in total. The van der Waals surface area contributed by atoms with Gasteiger partial charge in [0.2, 0.25) is 11.8 Å². The molecule has 2 aromatic rings. The van der Waals surface area contributed by atoms with Crippen LogP contribution in [0.3, 0.4) is 0 Å². The zero-order chi connectivity index (χ0) is 23.5. The van der Waals surface area contributed by atoms with E-state index in [2.05, 4.69) is 29.0 Å². The lowest BCUT2D eigenvalue weighted by atomic mass is 9.73. The van der Waals surface area contributed by atoms with Crippen LogP contribution in [0.15, 0.2) is 48.7 Å². The summed E-state index contributed by atoms with van der Waals surface area (Å²) in [6.07, 6.45) is 8.10. The maximum Gasteiger partial charge on any atom is 0.242 e. The SMILES string of the molecule is O=C(Cc1ccccn1)N1CC(=O)N2[C@H](CO)[C@@H](c3ccc(C#CCC4CCCC4)cc3)[C@@H]2C1. The number of piperazine rings is 1. The molecule has 2 amide bonds. The first-order valence-corrected chi connectivity index (χ1v) is 12.3. The second-order valence-corrected chi connectivity index (χ2v) is 9.69. The number of hydrogen-bond acceptors (Lipinski definition) is 4.